The number of pyridine rings is 1. The summed E-state index contributed by atoms with van der Waals surface area (Å²) in [6.45, 7) is 0.240. The molecular formula is C15H10BrN3O2. The lowest BCUT2D eigenvalue weighted by Gasteiger charge is -1.98. The van der Waals surface area contributed by atoms with Gasteiger partial charge >= 0.3 is 0 Å². The number of aromatic amines is 1. The zero-order chi connectivity index (χ0) is 14.2. The first-order valence-corrected chi connectivity index (χ1v) is 7.16. The van der Waals surface area contributed by atoms with Crippen LogP contribution in [0.25, 0.3) is 22.6 Å². The summed E-state index contributed by atoms with van der Waals surface area (Å²) in [5, 5.41) is 7.35. The molecule has 0 bridgehead atoms. The number of aromatic nitrogens is 3. The predicted octanol–water partition coefficient (Wildman–Crippen LogP) is 3.63. The number of hydrogen-bond acceptors (Lipinski definition) is 4. The van der Waals surface area contributed by atoms with Crippen molar-refractivity contribution < 1.29 is 9.47 Å². The maximum Gasteiger partial charge on any atom is 0.231 e. The highest BCUT2D eigenvalue weighted by Gasteiger charge is 2.16. The number of rotatable bonds is 2. The molecule has 5 nitrogen and oxygen atoms in total. The van der Waals surface area contributed by atoms with Gasteiger partial charge in [0.15, 0.2) is 11.5 Å². The van der Waals surface area contributed by atoms with Gasteiger partial charge in [0, 0.05) is 16.1 Å². The van der Waals surface area contributed by atoms with Crippen LogP contribution in [0.15, 0.2) is 47.1 Å². The molecule has 21 heavy (non-hydrogen) atoms. The first-order chi connectivity index (χ1) is 10.3. The van der Waals surface area contributed by atoms with Crippen LogP contribution < -0.4 is 9.47 Å². The zero-order valence-corrected chi connectivity index (χ0v) is 12.4. The van der Waals surface area contributed by atoms with Crippen molar-refractivity contribution in [2.75, 3.05) is 6.79 Å². The van der Waals surface area contributed by atoms with E-state index in [0.717, 1.165) is 27.1 Å². The molecule has 0 atom stereocenters. The fourth-order valence-electron chi connectivity index (χ4n) is 2.20. The molecule has 4 rings (SSSR count). The van der Waals surface area contributed by atoms with Crippen molar-refractivity contribution in [3.05, 3.63) is 47.1 Å². The number of halogens is 1. The molecule has 3 heterocycles. The summed E-state index contributed by atoms with van der Waals surface area (Å²) in [7, 11) is 0. The molecule has 1 aliphatic heterocycles. The Morgan fingerprint density at radius 1 is 1.05 bits per heavy atom. The molecule has 0 aliphatic carbocycles. The molecule has 104 valence electrons. The molecule has 2 aromatic heterocycles. The van der Waals surface area contributed by atoms with Gasteiger partial charge in [0.2, 0.25) is 6.79 Å². The second-order valence-electron chi connectivity index (χ2n) is 4.60. The topological polar surface area (TPSA) is 60.0 Å². The molecule has 6 heteroatoms. The maximum absolute atomic E-state index is 5.36. The molecule has 1 N–H and O–H groups in total. The van der Waals surface area contributed by atoms with Crippen LogP contribution in [0.4, 0.5) is 0 Å². The van der Waals surface area contributed by atoms with E-state index < -0.39 is 0 Å². The summed E-state index contributed by atoms with van der Waals surface area (Å²) in [6, 6.07) is 11.8. The van der Waals surface area contributed by atoms with Crippen molar-refractivity contribution >= 4 is 15.9 Å². The summed E-state index contributed by atoms with van der Waals surface area (Å²) < 4.78 is 11.6. The lowest BCUT2D eigenvalue weighted by Crippen LogP contribution is -1.92. The number of ether oxygens (including phenoxy) is 2. The Bertz CT molecular complexity index is 816. The Labute approximate surface area is 129 Å². The molecule has 0 unspecified atom stereocenters. The first kappa shape index (κ1) is 12.4. The van der Waals surface area contributed by atoms with Gasteiger partial charge in [0.05, 0.1) is 17.6 Å². The van der Waals surface area contributed by atoms with Crippen molar-refractivity contribution in [3.8, 4) is 34.1 Å². The second-order valence-corrected chi connectivity index (χ2v) is 5.52. The van der Waals surface area contributed by atoms with Crippen LogP contribution in [0.5, 0.6) is 11.5 Å². The van der Waals surface area contributed by atoms with Gasteiger partial charge < -0.3 is 9.47 Å². The van der Waals surface area contributed by atoms with E-state index >= 15 is 0 Å². The Balaban J connectivity index is 1.71. The van der Waals surface area contributed by atoms with E-state index in [1.54, 1.807) is 6.20 Å². The molecule has 0 radical (unpaired) electrons. The molecular weight excluding hydrogens is 334 g/mol. The predicted molar refractivity (Wildman–Crippen MR) is 81.1 cm³/mol. The normalized spacial score (nSPS) is 12.6. The van der Waals surface area contributed by atoms with Crippen molar-refractivity contribution in [2.24, 2.45) is 0 Å². The highest BCUT2D eigenvalue weighted by atomic mass is 79.9. The molecule has 0 saturated carbocycles. The quantitative estimate of drug-likeness (QED) is 0.771. The smallest absolute Gasteiger partial charge is 0.231 e. The second kappa shape index (κ2) is 4.89. The highest BCUT2D eigenvalue weighted by Crippen LogP contribution is 2.34. The van der Waals surface area contributed by atoms with E-state index in [1.165, 1.54) is 0 Å². The number of benzene rings is 1. The molecule has 3 aromatic rings. The van der Waals surface area contributed by atoms with Crippen LogP contribution in [0.3, 0.4) is 0 Å². The summed E-state index contributed by atoms with van der Waals surface area (Å²) in [6.07, 6.45) is 1.66. The van der Waals surface area contributed by atoms with Crippen LogP contribution in [0.1, 0.15) is 0 Å². The largest absolute Gasteiger partial charge is 0.453 e. The van der Waals surface area contributed by atoms with Crippen LogP contribution in [-0.2, 0) is 0 Å². The number of nitrogens with one attached hydrogen (secondary N) is 1. The van der Waals surface area contributed by atoms with Crippen LogP contribution in [-0.4, -0.2) is 22.0 Å². The van der Waals surface area contributed by atoms with Gasteiger partial charge in [-0.3, -0.25) is 10.1 Å². The molecule has 0 spiro atoms. The third kappa shape index (κ3) is 2.27. The molecule has 1 aromatic carbocycles. The van der Waals surface area contributed by atoms with E-state index in [0.29, 0.717) is 11.5 Å². The number of fused-ring (bicyclic) bond motifs is 1. The van der Waals surface area contributed by atoms with Crippen molar-refractivity contribution in [3.63, 3.8) is 0 Å². The highest BCUT2D eigenvalue weighted by molar-refractivity contribution is 9.10. The molecule has 1 aliphatic rings. The van der Waals surface area contributed by atoms with E-state index in [1.807, 2.05) is 36.4 Å². The molecule has 0 saturated heterocycles. The van der Waals surface area contributed by atoms with Crippen LogP contribution in [0, 0.1) is 0 Å². The summed E-state index contributed by atoms with van der Waals surface area (Å²) >= 11 is 3.47. The van der Waals surface area contributed by atoms with Gasteiger partial charge in [0.25, 0.3) is 0 Å². The van der Waals surface area contributed by atoms with E-state index in [4.69, 9.17) is 9.47 Å². The van der Waals surface area contributed by atoms with Crippen molar-refractivity contribution in [2.45, 2.75) is 0 Å². The fraction of sp³-hybridized carbons (Fsp3) is 0.0667. The minimum atomic E-state index is 0.240. The number of H-pyrrole nitrogens is 1. The van der Waals surface area contributed by atoms with Crippen molar-refractivity contribution in [1.29, 1.82) is 0 Å². The molecule has 0 fully saturated rings. The van der Waals surface area contributed by atoms with E-state index in [-0.39, 0.29) is 6.79 Å². The monoisotopic (exact) mass is 343 g/mol. The lowest BCUT2D eigenvalue weighted by atomic mass is 10.1. The Morgan fingerprint density at radius 3 is 2.86 bits per heavy atom. The van der Waals surface area contributed by atoms with Gasteiger partial charge in [-0.1, -0.05) is 28.1 Å². The third-order valence-corrected chi connectivity index (χ3v) is 3.73. The number of hydrogen-bond donors (Lipinski definition) is 1. The summed E-state index contributed by atoms with van der Waals surface area (Å²) in [5.41, 5.74) is 3.51. The zero-order valence-electron chi connectivity index (χ0n) is 10.8. The Morgan fingerprint density at radius 2 is 1.95 bits per heavy atom. The molecule has 0 amide bonds. The van der Waals surface area contributed by atoms with Gasteiger partial charge in [-0.2, -0.15) is 5.10 Å². The standard InChI is InChI=1S/C15H10BrN3O2/c16-10-3-1-2-9(4-10)11-5-13(19-18-11)12-6-14-15(7-17-12)21-8-20-14/h1-7H,8H2,(H,18,19). The SMILES string of the molecule is Brc1cccc(-c2cc(-c3cc4c(cn3)OCO4)n[nH]2)c1. The van der Waals surface area contributed by atoms with Gasteiger partial charge in [0.1, 0.15) is 5.69 Å². The average Bonchev–Trinajstić information content (AvgIpc) is 3.15. The minimum absolute atomic E-state index is 0.240. The maximum atomic E-state index is 5.36. The summed E-state index contributed by atoms with van der Waals surface area (Å²) in [5.74, 6) is 1.37. The van der Waals surface area contributed by atoms with Gasteiger partial charge in [-0.25, -0.2) is 0 Å². The first-order valence-electron chi connectivity index (χ1n) is 6.37. The fourth-order valence-corrected chi connectivity index (χ4v) is 2.60. The number of nitrogens with zero attached hydrogens (tertiary/aromatic N) is 2. The van der Waals surface area contributed by atoms with E-state index in [9.17, 15) is 0 Å². The van der Waals surface area contributed by atoms with Crippen LogP contribution >= 0.6 is 15.9 Å². The van der Waals surface area contributed by atoms with Gasteiger partial charge in [-0.15, -0.1) is 0 Å². The van der Waals surface area contributed by atoms with Gasteiger partial charge in [-0.05, 0) is 18.2 Å². The average molecular weight is 344 g/mol. The van der Waals surface area contributed by atoms with E-state index in [2.05, 4.69) is 31.1 Å². The third-order valence-electron chi connectivity index (χ3n) is 3.24. The Hall–Kier alpha value is -2.34. The van der Waals surface area contributed by atoms with Crippen molar-refractivity contribution in [1.82, 2.24) is 15.2 Å². The van der Waals surface area contributed by atoms with Crippen LogP contribution in [0.2, 0.25) is 0 Å². The Kier molecular flexibility index (Phi) is 2.89. The minimum Gasteiger partial charge on any atom is -0.453 e. The summed E-state index contributed by atoms with van der Waals surface area (Å²) in [4.78, 5) is 4.35. The lowest BCUT2D eigenvalue weighted by molar-refractivity contribution is 0.174.